The van der Waals surface area contributed by atoms with Gasteiger partial charge in [-0.2, -0.15) is 0 Å². The van der Waals surface area contributed by atoms with E-state index in [1.807, 2.05) is 5.38 Å². The minimum Gasteiger partial charge on any atom is -0.359 e. The van der Waals surface area contributed by atoms with Crippen LogP contribution >= 0.6 is 11.3 Å². The number of anilines is 1. The molecule has 0 unspecified atom stereocenters. The molecule has 0 atom stereocenters. The Morgan fingerprint density at radius 1 is 1.40 bits per heavy atom. The Morgan fingerprint density at radius 3 is 2.60 bits per heavy atom. The van der Waals surface area contributed by atoms with Crippen LogP contribution in [-0.4, -0.2) is 19.1 Å². The largest absolute Gasteiger partial charge is 0.359 e. The van der Waals surface area contributed by atoms with Crippen molar-refractivity contribution in [3.05, 3.63) is 11.1 Å². The molecule has 82 valence electrons. The number of rotatable bonds is 2. The Bertz CT molecular complexity index is 379. The summed E-state index contributed by atoms with van der Waals surface area (Å²) in [6.45, 7) is 10.9. The molecule has 0 aromatic carbocycles. The molecule has 0 bridgehead atoms. The molecule has 1 aromatic rings. The van der Waals surface area contributed by atoms with Crippen LogP contribution in [0.1, 0.15) is 19.5 Å². The maximum absolute atomic E-state index is 4.41. The van der Waals surface area contributed by atoms with Crippen molar-refractivity contribution in [3.8, 4) is 11.5 Å². The number of aromatic nitrogens is 1. The molecular weight excluding hydrogens is 220 g/mol. The molecule has 15 heavy (non-hydrogen) atoms. The van der Waals surface area contributed by atoms with Gasteiger partial charge in [0.2, 0.25) is 0 Å². The second-order valence-corrected chi connectivity index (χ2v) is 10.4. The van der Waals surface area contributed by atoms with Crippen molar-refractivity contribution in [1.29, 1.82) is 0 Å². The van der Waals surface area contributed by atoms with Crippen LogP contribution in [0.3, 0.4) is 0 Å². The summed E-state index contributed by atoms with van der Waals surface area (Å²) in [5.74, 6) is 3.15. The summed E-state index contributed by atoms with van der Waals surface area (Å²) < 4.78 is 0. The van der Waals surface area contributed by atoms with Gasteiger partial charge in [0.25, 0.3) is 0 Å². The van der Waals surface area contributed by atoms with Crippen molar-refractivity contribution in [3.63, 3.8) is 0 Å². The van der Waals surface area contributed by atoms with Gasteiger partial charge in [0, 0.05) is 11.4 Å². The fourth-order valence-electron chi connectivity index (χ4n) is 0.896. The van der Waals surface area contributed by atoms with Gasteiger partial charge in [-0.25, -0.2) is 4.98 Å². The maximum Gasteiger partial charge on any atom is 0.184 e. The predicted molar refractivity (Wildman–Crippen MR) is 71.1 cm³/mol. The fraction of sp³-hybridized carbons (Fsp3) is 0.545. The van der Waals surface area contributed by atoms with E-state index in [1.165, 1.54) is 0 Å². The van der Waals surface area contributed by atoms with E-state index in [9.17, 15) is 0 Å². The first-order valence-electron chi connectivity index (χ1n) is 5.12. The van der Waals surface area contributed by atoms with E-state index in [-0.39, 0.29) is 0 Å². The van der Waals surface area contributed by atoms with Crippen LogP contribution in [0, 0.1) is 11.5 Å². The summed E-state index contributed by atoms with van der Waals surface area (Å²) in [7, 11) is -1.28. The van der Waals surface area contributed by atoms with E-state index in [0.29, 0.717) is 6.04 Å². The van der Waals surface area contributed by atoms with E-state index in [1.54, 1.807) is 11.3 Å². The molecule has 1 aromatic heterocycles. The summed E-state index contributed by atoms with van der Waals surface area (Å²) in [5, 5.41) is 6.25. The zero-order valence-electron chi connectivity index (χ0n) is 10.0. The molecule has 0 aliphatic carbocycles. The maximum atomic E-state index is 4.41. The second-order valence-electron chi connectivity index (χ2n) is 4.84. The van der Waals surface area contributed by atoms with Gasteiger partial charge in [0.15, 0.2) is 5.13 Å². The summed E-state index contributed by atoms with van der Waals surface area (Å²) in [6.07, 6.45) is 0. The molecule has 2 nitrogen and oxygen atoms in total. The lowest BCUT2D eigenvalue weighted by atomic mass is 10.4. The highest BCUT2D eigenvalue weighted by Gasteiger charge is 2.08. The van der Waals surface area contributed by atoms with Crippen LogP contribution in [0.15, 0.2) is 5.38 Å². The van der Waals surface area contributed by atoms with Crippen LogP contribution in [-0.2, 0) is 0 Å². The summed E-state index contributed by atoms with van der Waals surface area (Å²) >= 11 is 1.62. The molecule has 0 fully saturated rings. The lowest BCUT2D eigenvalue weighted by molar-refractivity contribution is 0.896. The number of thiazole rings is 1. The first-order valence-corrected chi connectivity index (χ1v) is 9.50. The number of nitrogens with one attached hydrogen (secondary N) is 1. The smallest absolute Gasteiger partial charge is 0.184 e. The van der Waals surface area contributed by atoms with Gasteiger partial charge in [-0.15, -0.1) is 16.9 Å². The third kappa shape index (κ3) is 5.00. The monoisotopic (exact) mass is 238 g/mol. The lowest BCUT2D eigenvalue weighted by Crippen LogP contribution is -2.16. The third-order valence-electron chi connectivity index (χ3n) is 1.48. The molecule has 1 N–H and O–H groups in total. The summed E-state index contributed by atoms with van der Waals surface area (Å²) in [6, 6.07) is 0.425. The molecule has 0 amide bonds. The zero-order valence-corrected chi connectivity index (χ0v) is 11.8. The molecule has 0 aliphatic rings. The normalized spacial score (nSPS) is 11.1. The average Bonchev–Trinajstić information content (AvgIpc) is 2.46. The van der Waals surface area contributed by atoms with Gasteiger partial charge >= 0.3 is 0 Å². The van der Waals surface area contributed by atoms with Crippen molar-refractivity contribution in [2.75, 3.05) is 5.32 Å². The van der Waals surface area contributed by atoms with E-state index in [4.69, 9.17) is 0 Å². The SMILES string of the molecule is CC(C)Nc1nc(C#C[Si](C)(C)C)cs1. The van der Waals surface area contributed by atoms with Crippen LogP contribution in [0.4, 0.5) is 5.13 Å². The number of hydrogen-bond donors (Lipinski definition) is 1. The summed E-state index contributed by atoms with van der Waals surface area (Å²) in [4.78, 5) is 4.41. The average molecular weight is 238 g/mol. The first kappa shape index (κ1) is 12.3. The topological polar surface area (TPSA) is 24.9 Å². The van der Waals surface area contributed by atoms with E-state index in [0.717, 1.165) is 10.8 Å². The highest BCUT2D eigenvalue weighted by atomic mass is 32.1. The van der Waals surface area contributed by atoms with Crippen molar-refractivity contribution < 1.29 is 0 Å². The summed E-state index contributed by atoms with van der Waals surface area (Å²) in [5.41, 5.74) is 4.20. The highest BCUT2D eigenvalue weighted by molar-refractivity contribution is 7.13. The first-order chi connectivity index (χ1) is 6.87. The second kappa shape index (κ2) is 4.82. The molecule has 0 saturated heterocycles. The number of nitrogens with zero attached hydrogens (tertiary/aromatic N) is 1. The van der Waals surface area contributed by atoms with Gasteiger partial charge in [-0.3, -0.25) is 0 Å². The molecule has 0 saturated carbocycles. The Morgan fingerprint density at radius 2 is 2.07 bits per heavy atom. The van der Waals surface area contributed by atoms with E-state index in [2.05, 4.69) is 55.3 Å². The quantitative estimate of drug-likeness (QED) is 0.632. The molecule has 0 radical (unpaired) electrons. The van der Waals surface area contributed by atoms with Crippen molar-refractivity contribution in [2.24, 2.45) is 0 Å². The van der Waals surface area contributed by atoms with Crippen molar-refractivity contribution in [1.82, 2.24) is 4.98 Å². The van der Waals surface area contributed by atoms with E-state index < -0.39 is 8.07 Å². The molecule has 1 heterocycles. The van der Waals surface area contributed by atoms with Gasteiger partial charge in [-0.05, 0) is 13.8 Å². The molecule has 4 heteroatoms. The van der Waals surface area contributed by atoms with Crippen molar-refractivity contribution in [2.45, 2.75) is 39.5 Å². The van der Waals surface area contributed by atoms with E-state index >= 15 is 0 Å². The van der Waals surface area contributed by atoms with Crippen LogP contribution < -0.4 is 5.32 Å². The standard InChI is InChI=1S/C11H18N2SSi/c1-9(2)12-11-13-10(8-14-11)6-7-15(3,4)5/h8-9H,1-5H3,(H,12,13). The van der Waals surface area contributed by atoms with Crippen LogP contribution in [0.5, 0.6) is 0 Å². The molecule has 0 aliphatic heterocycles. The van der Waals surface area contributed by atoms with Gasteiger partial charge in [-0.1, -0.05) is 25.6 Å². The third-order valence-corrected chi connectivity index (χ3v) is 3.13. The minimum absolute atomic E-state index is 0.425. The minimum atomic E-state index is -1.28. The zero-order chi connectivity index (χ0) is 11.5. The van der Waals surface area contributed by atoms with Crippen LogP contribution in [0.25, 0.3) is 0 Å². The van der Waals surface area contributed by atoms with Gasteiger partial charge in [0.1, 0.15) is 13.8 Å². The predicted octanol–water partition coefficient (Wildman–Crippen LogP) is 3.19. The lowest BCUT2D eigenvalue weighted by Gasteiger charge is -2.04. The number of hydrogen-bond acceptors (Lipinski definition) is 3. The molecular formula is C11H18N2SSi. The Labute approximate surface area is 97.1 Å². The molecule has 0 spiro atoms. The Kier molecular flexibility index (Phi) is 3.94. The Balaban J connectivity index is 2.71. The highest BCUT2D eigenvalue weighted by Crippen LogP contribution is 2.15. The van der Waals surface area contributed by atoms with Crippen molar-refractivity contribution >= 4 is 24.5 Å². The van der Waals surface area contributed by atoms with Gasteiger partial charge in [0.05, 0.1) is 0 Å². The van der Waals surface area contributed by atoms with Gasteiger partial charge < -0.3 is 5.32 Å². The fourth-order valence-corrected chi connectivity index (χ4v) is 2.19. The van der Waals surface area contributed by atoms with Crippen LogP contribution in [0.2, 0.25) is 19.6 Å². The Hall–Kier alpha value is -0.793. The molecule has 1 rings (SSSR count).